The lowest BCUT2D eigenvalue weighted by Crippen LogP contribution is -2.55. The van der Waals surface area contributed by atoms with Gasteiger partial charge in [-0.25, -0.2) is 4.79 Å². The number of urea groups is 1. The van der Waals surface area contributed by atoms with Crippen molar-refractivity contribution >= 4 is 11.9 Å². The van der Waals surface area contributed by atoms with Gasteiger partial charge in [-0.15, -0.1) is 0 Å². The van der Waals surface area contributed by atoms with Crippen LogP contribution in [0.1, 0.15) is 51.0 Å². The Morgan fingerprint density at radius 2 is 2.00 bits per heavy atom. The Bertz CT molecular complexity index is 634. The zero-order valence-corrected chi connectivity index (χ0v) is 16.8. The third-order valence-electron chi connectivity index (χ3n) is 5.69. The first kappa shape index (κ1) is 20.6. The predicted octanol–water partition coefficient (Wildman–Crippen LogP) is 2.56. The molecule has 2 fully saturated rings. The summed E-state index contributed by atoms with van der Waals surface area (Å²) in [5.74, 6) is 0.0466. The maximum atomic E-state index is 12.9. The van der Waals surface area contributed by atoms with Gasteiger partial charge >= 0.3 is 6.03 Å². The first-order valence-electron chi connectivity index (χ1n) is 10.5. The van der Waals surface area contributed by atoms with Gasteiger partial charge in [0.05, 0.1) is 19.3 Å². The third-order valence-corrected chi connectivity index (χ3v) is 5.69. The average Bonchev–Trinajstić information content (AvgIpc) is 2.73. The normalized spacial score (nSPS) is 20.6. The van der Waals surface area contributed by atoms with E-state index in [1.165, 1.54) is 19.3 Å². The summed E-state index contributed by atoms with van der Waals surface area (Å²) in [7, 11) is 0. The summed E-state index contributed by atoms with van der Waals surface area (Å²) in [5.41, 5.74) is 1.05. The van der Waals surface area contributed by atoms with Gasteiger partial charge in [-0.2, -0.15) is 0 Å². The summed E-state index contributed by atoms with van der Waals surface area (Å²) >= 11 is 0. The number of carbonyl (C=O) groups excluding carboxylic acids is 2. The van der Waals surface area contributed by atoms with Crippen LogP contribution < -0.4 is 5.32 Å². The lowest BCUT2D eigenvalue weighted by atomic mass is 9.96. The Kier molecular flexibility index (Phi) is 7.65. The van der Waals surface area contributed by atoms with E-state index in [1.54, 1.807) is 17.3 Å². The minimum absolute atomic E-state index is 0.0466. The van der Waals surface area contributed by atoms with Gasteiger partial charge in [-0.05, 0) is 37.5 Å². The Labute approximate surface area is 167 Å². The van der Waals surface area contributed by atoms with E-state index in [1.807, 2.05) is 24.0 Å². The molecule has 2 aliphatic rings. The zero-order chi connectivity index (χ0) is 19.8. The first-order chi connectivity index (χ1) is 13.7. The van der Waals surface area contributed by atoms with Gasteiger partial charge in [0.25, 0.3) is 0 Å². The molecule has 1 aliphatic heterocycles. The van der Waals surface area contributed by atoms with Crippen LogP contribution >= 0.6 is 0 Å². The molecule has 1 aromatic heterocycles. The number of aromatic nitrogens is 1. The molecule has 0 unspecified atom stereocenters. The van der Waals surface area contributed by atoms with E-state index in [0.717, 1.165) is 18.4 Å². The van der Waals surface area contributed by atoms with Crippen molar-refractivity contribution in [3.8, 4) is 0 Å². The van der Waals surface area contributed by atoms with Crippen LogP contribution in [0, 0.1) is 0 Å². The molecule has 0 radical (unpaired) electrons. The molecule has 1 aliphatic carbocycles. The van der Waals surface area contributed by atoms with E-state index >= 15 is 0 Å². The molecule has 1 atom stereocenters. The largest absolute Gasteiger partial charge is 0.377 e. The van der Waals surface area contributed by atoms with Crippen molar-refractivity contribution in [3.05, 3.63) is 30.1 Å². The number of hydrogen-bond donors (Lipinski definition) is 1. The molecule has 7 heteroatoms. The maximum absolute atomic E-state index is 12.9. The monoisotopic (exact) mass is 388 g/mol. The fourth-order valence-corrected chi connectivity index (χ4v) is 4.01. The number of hydrogen-bond acceptors (Lipinski definition) is 4. The van der Waals surface area contributed by atoms with Crippen LogP contribution in [-0.2, 0) is 16.1 Å². The van der Waals surface area contributed by atoms with E-state index in [-0.39, 0.29) is 30.4 Å². The van der Waals surface area contributed by atoms with Gasteiger partial charge in [-0.1, -0.05) is 19.3 Å². The Morgan fingerprint density at radius 1 is 1.25 bits per heavy atom. The summed E-state index contributed by atoms with van der Waals surface area (Å²) in [6, 6.07) is 3.84. The third kappa shape index (κ3) is 5.67. The van der Waals surface area contributed by atoms with Gasteiger partial charge in [0.2, 0.25) is 5.91 Å². The van der Waals surface area contributed by atoms with Crippen LogP contribution in [0.3, 0.4) is 0 Å². The average molecular weight is 389 g/mol. The highest BCUT2D eigenvalue weighted by Crippen LogP contribution is 2.19. The molecule has 0 bridgehead atoms. The number of ether oxygens (including phenoxy) is 1. The first-order valence-corrected chi connectivity index (χ1v) is 10.5. The van der Waals surface area contributed by atoms with Crippen molar-refractivity contribution in [2.75, 3.05) is 26.3 Å². The predicted molar refractivity (Wildman–Crippen MR) is 107 cm³/mol. The molecule has 2 heterocycles. The minimum Gasteiger partial charge on any atom is -0.377 e. The van der Waals surface area contributed by atoms with Gasteiger partial charge < -0.3 is 19.9 Å². The molecular weight excluding hydrogens is 356 g/mol. The molecule has 1 N–H and O–H groups in total. The summed E-state index contributed by atoms with van der Waals surface area (Å²) in [5, 5.41) is 3.17. The minimum atomic E-state index is -0.212. The second-order valence-corrected chi connectivity index (χ2v) is 7.67. The maximum Gasteiger partial charge on any atom is 0.318 e. The molecule has 154 valence electrons. The van der Waals surface area contributed by atoms with E-state index in [9.17, 15) is 9.59 Å². The molecule has 3 amide bonds. The highest BCUT2D eigenvalue weighted by atomic mass is 16.5. The molecule has 28 heavy (non-hydrogen) atoms. The van der Waals surface area contributed by atoms with Crippen molar-refractivity contribution in [1.82, 2.24) is 20.1 Å². The van der Waals surface area contributed by atoms with Crippen molar-refractivity contribution in [1.29, 1.82) is 0 Å². The summed E-state index contributed by atoms with van der Waals surface area (Å²) in [6.07, 6.45) is 9.47. The molecule has 1 saturated carbocycles. The fourth-order valence-electron chi connectivity index (χ4n) is 4.01. The number of rotatable bonds is 6. The standard InChI is InChI=1S/C21H32N4O3/c1-2-24(15-17-8-10-22-11-9-17)20(26)14-19-16-28-13-12-25(19)21(27)23-18-6-4-3-5-7-18/h8-11,18-19H,2-7,12-16H2,1H3,(H,23,27)/t19-/m1/s1. The second kappa shape index (κ2) is 10.4. The van der Waals surface area contributed by atoms with Crippen LogP contribution in [-0.4, -0.2) is 65.1 Å². The molecule has 0 aromatic carbocycles. The topological polar surface area (TPSA) is 74.8 Å². The Morgan fingerprint density at radius 3 is 2.71 bits per heavy atom. The molecular formula is C21H32N4O3. The highest BCUT2D eigenvalue weighted by Gasteiger charge is 2.31. The van der Waals surface area contributed by atoms with Gasteiger partial charge in [0.15, 0.2) is 0 Å². The number of carbonyl (C=O) groups is 2. The van der Waals surface area contributed by atoms with Gasteiger partial charge in [0, 0.05) is 44.5 Å². The second-order valence-electron chi connectivity index (χ2n) is 7.67. The number of pyridine rings is 1. The van der Waals surface area contributed by atoms with Gasteiger partial charge in [-0.3, -0.25) is 9.78 Å². The molecule has 1 aromatic rings. The van der Waals surface area contributed by atoms with Gasteiger partial charge in [0.1, 0.15) is 0 Å². The highest BCUT2D eigenvalue weighted by molar-refractivity contribution is 5.79. The summed E-state index contributed by atoms with van der Waals surface area (Å²) < 4.78 is 5.58. The smallest absolute Gasteiger partial charge is 0.318 e. The van der Waals surface area contributed by atoms with Crippen molar-refractivity contribution in [2.45, 2.75) is 64.1 Å². The Balaban J connectivity index is 1.57. The van der Waals surface area contributed by atoms with Crippen LogP contribution in [0.4, 0.5) is 4.79 Å². The van der Waals surface area contributed by atoms with E-state index in [2.05, 4.69) is 10.3 Å². The van der Waals surface area contributed by atoms with E-state index < -0.39 is 0 Å². The van der Waals surface area contributed by atoms with Crippen molar-refractivity contribution < 1.29 is 14.3 Å². The number of morpholine rings is 1. The van der Waals surface area contributed by atoms with E-state index in [4.69, 9.17) is 4.74 Å². The number of nitrogens with one attached hydrogen (secondary N) is 1. The fraction of sp³-hybridized carbons (Fsp3) is 0.667. The quantitative estimate of drug-likeness (QED) is 0.813. The number of nitrogens with zero attached hydrogens (tertiary/aromatic N) is 3. The molecule has 1 saturated heterocycles. The molecule has 0 spiro atoms. The van der Waals surface area contributed by atoms with Crippen molar-refractivity contribution in [3.63, 3.8) is 0 Å². The molecule has 7 nitrogen and oxygen atoms in total. The van der Waals surface area contributed by atoms with Crippen LogP contribution in [0.25, 0.3) is 0 Å². The Hall–Kier alpha value is -2.15. The van der Waals surface area contributed by atoms with Crippen LogP contribution in [0.2, 0.25) is 0 Å². The lowest BCUT2D eigenvalue weighted by Gasteiger charge is -2.37. The summed E-state index contributed by atoms with van der Waals surface area (Å²) in [6.45, 7) is 4.63. The lowest BCUT2D eigenvalue weighted by molar-refractivity contribution is -0.134. The SMILES string of the molecule is CCN(Cc1ccncc1)C(=O)C[C@@H]1COCCN1C(=O)NC1CCCCC1. The number of amides is 3. The van der Waals surface area contributed by atoms with Crippen molar-refractivity contribution in [2.24, 2.45) is 0 Å². The molecule has 3 rings (SSSR count). The van der Waals surface area contributed by atoms with Crippen LogP contribution in [0.5, 0.6) is 0 Å². The summed E-state index contributed by atoms with van der Waals surface area (Å²) in [4.78, 5) is 33.4. The zero-order valence-electron chi connectivity index (χ0n) is 16.8. The van der Waals surface area contributed by atoms with Crippen LogP contribution in [0.15, 0.2) is 24.5 Å². The van der Waals surface area contributed by atoms with E-state index in [0.29, 0.717) is 32.8 Å².